The van der Waals surface area contributed by atoms with Crippen LogP contribution in [0.2, 0.25) is 0 Å². The highest BCUT2D eigenvalue weighted by Crippen LogP contribution is 2.08. The molecular formula is C12H13N3O3S. The average Bonchev–Trinajstić information content (AvgIpc) is 2.40. The number of carbonyl (C=O) groups is 3. The molecule has 1 aromatic carbocycles. The van der Waals surface area contributed by atoms with Crippen molar-refractivity contribution in [3.8, 4) is 0 Å². The minimum absolute atomic E-state index is 0.497. The van der Waals surface area contributed by atoms with E-state index in [-0.39, 0.29) is 0 Å². The SMILES string of the molecule is CNC(=O)C(C(=O)NC=S)C(=O)Nc1ccccc1. The average molecular weight is 279 g/mol. The number of anilines is 1. The Labute approximate surface area is 115 Å². The van der Waals surface area contributed by atoms with Gasteiger partial charge in [0.25, 0.3) is 0 Å². The maximum atomic E-state index is 11.9. The summed E-state index contributed by atoms with van der Waals surface area (Å²) in [6.07, 6.45) is 0. The topological polar surface area (TPSA) is 87.3 Å². The predicted octanol–water partition coefficient (Wildman–Crippen LogP) is 0.0607. The first-order valence-corrected chi connectivity index (χ1v) is 5.88. The molecule has 6 nitrogen and oxygen atoms in total. The lowest BCUT2D eigenvalue weighted by molar-refractivity contribution is -0.139. The Bertz CT molecular complexity index is 490. The molecule has 0 bridgehead atoms. The van der Waals surface area contributed by atoms with Crippen molar-refractivity contribution in [1.82, 2.24) is 10.6 Å². The van der Waals surface area contributed by atoms with Gasteiger partial charge in [-0.2, -0.15) is 0 Å². The molecule has 0 spiro atoms. The Morgan fingerprint density at radius 1 is 1.11 bits per heavy atom. The molecule has 3 amide bonds. The first kappa shape index (κ1) is 14.8. The van der Waals surface area contributed by atoms with Crippen LogP contribution in [0, 0.1) is 5.92 Å². The van der Waals surface area contributed by atoms with Gasteiger partial charge in [-0.1, -0.05) is 30.4 Å². The zero-order chi connectivity index (χ0) is 14.3. The normalized spacial score (nSPS) is 11.0. The second-order valence-electron chi connectivity index (χ2n) is 3.53. The van der Waals surface area contributed by atoms with Gasteiger partial charge in [-0.15, -0.1) is 0 Å². The van der Waals surface area contributed by atoms with Gasteiger partial charge in [0, 0.05) is 12.7 Å². The summed E-state index contributed by atoms with van der Waals surface area (Å²) in [6.45, 7) is 0. The molecule has 0 saturated carbocycles. The summed E-state index contributed by atoms with van der Waals surface area (Å²) < 4.78 is 0. The van der Waals surface area contributed by atoms with E-state index in [1.54, 1.807) is 30.3 Å². The molecule has 0 aliphatic heterocycles. The number of nitrogens with one attached hydrogen (secondary N) is 3. The van der Waals surface area contributed by atoms with Crippen LogP contribution < -0.4 is 16.0 Å². The molecular weight excluding hydrogens is 266 g/mol. The lowest BCUT2D eigenvalue weighted by atomic mass is 10.1. The molecule has 0 aliphatic rings. The second kappa shape index (κ2) is 7.22. The monoisotopic (exact) mass is 279 g/mol. The van der Waals surface area contributed by atoms with E-state index in [4.69, 9.17) is 0 Å². The van der Waals surface area contributed by atoms with Crippen molar-refractivity contribution in [2.45, 2.75) is 0 Å². The first-order valence-electron chi connectivity index (χ1n) is 5.41. The van der Waals surface area contributed by atoms with E-state index in [9.17, 15) is 14.4 Å². The minimum atomic E-state index is -1.50. The quantitative estimate of drug-likeness (QED) is 0.525. The highest BCUT2D eigenvalue weighted by molar-refractivity contribution is 7.78. The Balaban J connectivity index is 2.86. The molecule has 1 aromatic rings. The Kier molecular flexibility index (Phi) is 5.62. The molecule has 0 fully saturated rings. The fourth-order valence-electron chi connectivity index (χ4n) is 1.38. The number of amides is 3. The second-order valence-corrected chi connectivity index (χ2v) is 3.76. The first-order chi connectivity index (χ1) is 9.10. The Morgan fingerprint density at radius 2 is 1.74 bits per heavy atom. The summed E-state index contributed by atoms with van der Waals surface area (Å²) in [5, 5.41) is 6.91. The third-order valence-corrected chi connectivity index (χ3v) is 2.39. The van der Waals surface area contributed by atoms with E-state index in [0.717, 1.165) is 5.49 Å². The fourth-order valence-corrected chi connectivity index (χ4v) is 1.50. The van der Waals surface area contributed by atoms with E-state index in [1.165, 1.54) is 7.05 Å². The molecule has 0 aliphatic carbocycles. The van der Waals surface area contributed by atoms with Crippen molar-refractivity contribution < 1.29 is 14.4 Å². The molecule has 0 saturated heterocycles. The van der Waals surface area contributed by atoms with Crippen molar-refractivity contribution in [3.05, 3.63) is 30.3 Å². The number of hydrogen-bond donors (Lipinski definition) is 3. The minimum Gasteiger partial charge on any atom is -0.358 e. The van der Waals surface area contributed by atoms with Crippen molar-refractivity contribution in [2.75, 3.05) is 12.4 Å². The van der Waals surface area contributed by atoms with Crippen molar-refractivity contribution in [3.63, 3.8) is 0 Å². The van der Waals surface area contributed by atoms with E-state index in [2.05, 4.69) is 28.2 Å². The lowest BCUT2D eigenvalue weighted by Gasteiger charge is -2.13. The van der Waals surface area contributed by atoms with Gasteiger partial charge in [-0.05, 0) is 12.1 Å². The molecule has 0 radical (unpaired) electrons. The summed E-state index contributed by atoms with van der Waals surface area (Å²) in [7, 11) is 1.34. The van der Waals surface area contributed by atoms with Crippen LogP contribution in [0.15, 0.2) is 30.3 Å². The smallest absolute Gasteiger partial charge is 0.246 e. The molecule has 3 N–H and O–H groups in total. The van der Waals surface area contributed by atoms with Crippen LogP contribution in [0.4, 0.5) is 5.69 Å². The van der Waals surface area contributed by atoms with Crippen LogP contribution >= 0.6 is 12.2 Å². The predicted molar refractivity (Wildman–Crippen MR) is 74.4 cm³/mol. The van der Waals surface area contributed by atoms with E-state index in [1.807, 2.05) is 0 Å². The Hall–Kier alpha value is -2.28. The van der Waals surface area contributed by atoms with Crippen LogP contribution in [0.3, 0.4) is 0 Å². The third kappa shape index (κ3) is 4.14. The highest BCUT2D eigenvalue weighted by Gasteiger charge is 2.33. The number of rotatable bonds is 5. The zero-order valence-electron chi connectivity index (χ0n) is 10.2. The van der Waals surface area contributed by atoms with E-state index < -0.39 is 23.6 Å². The molecule has 0 heterocycles. The summed E-state index contributed by atoms with van der Waals surface area (Å²) in [5.74, 6) is -3.70. The van der Waals surface area contributed by atoms with Crippen molar-refractivity contribution in [2.24, 2.45) is 5.92 Å². The van der Waals surface area contributed by atoms with Gasteiger partial charge in [0.15, 0.2) is 5.92 Å². The van der Waals surface area contributed by atoms with E-state index >= 15 is 0 Å². The van der Waals surface area contributed by atoms with Crippen LogP contribution in [-0.4, -0.2) is 30.3 Å². The molecule has 1 rings (SSSR count). The summed E-state index contributed by atoms with van der Waals surface area (Å²) in [6, 6.07) is 8.53. The largest absolute Gasteiger partial charge is 0.358 e. The molecule has 7 heteroatoms. The van der Waals surface area contributed by atoms with Crippen LogP contribution in [0.25, 0.3) is 0 Å². The molecule has 0 aromatic heterocycles. The third-order valence-electron chi connectivity index (χ3n) is 2.28. The molecule has 1 atom stereocenters. The molecule has 1 unspecified atom stereocenters. The molecule has 19 heavy (non-hydrogen) atoms. The number of thiocarbonyl (C=S) groups is 1. The number of hydrogen-bond acceptors (Lipinski definition) is 4. The van der Waals surface area contributed by atoms with Gasteiger partial charge < -0.3 is 16.0 Å². The lowest BCUT2D eigenvalue weighted by Crippen LogP contribution is -2.46. The number of carbonyl (C=O) groups excluding carboxylic acids is 3. The highest BCUT2D eigenvalue weighted by atomic mass is 32.1. The maximum absolute atomic E-state index is 11.9. The van der Waals surface area contributed by atoms with Crippen molar-refractivity contribution in [1.29, 1.82) is 0 Å². The summed E-state index contributed by atoms with van der Waals surface area (Å²) >= 11 is 4.47. The molecule has 100 valence electrons. The zero-order valence-corrected chi connectivity index (χ0v) is 11.0. The summed E-state index contributed by atoms with van der Waals surface area (Å²) in [5.41, 5.74) is 1.45. The maximum Gasteiger partial charge on any atom is 0.246 e. The summed E-state index contributed by atoms with van der Waals surface area (Å²) in [4.78, 5) is 35.2. The van der Waals surface area contributed by atoms with Crippen LogP contribution in [0.1, 0.15) is 0 Å². The Morgan fingerprint density at radius 3 is 2.26 bits per heavy atom. The van der Waals surface area contributed by atoms with Crippen LogP contribution in [-0.2, 0) is 14.4 Å². The standard InChI is InChI=1S/C12H13N3O3S/c1-13-10(16)9(11(17)14-7-19)12(18)15-8-5-3-2-4-6-8/h2-7,9H,1H3,(H,13,16)(H,15,18)(H,14,17,19). The number of para-hydroxylation sites is 1. The van der Waals surface area contributed by atoms with Crippen LogP contribution in [0.5, 0.6) is 0 Å². The van der Waals surface area contributed by atoms with Gasteiger partial charge in [0.1, 0.15) is 0 Å². The number of benzene rings is 1. The van der Waals surface area contributed by atoms with Crippen molar-refractivity contribution >= 4 is 41.1 Å². The van der Waals surface area contributed by atoms with Gasteiger partial charge in [-0.3, -0.25) is 14.4 Å². The van der Waals surface area contributed by atoms with Gasteiger partial charge in [0.05, 0.1) is 5.49 Å². The van der Waals surface area contributed by atoms with E-state index in [0.29, 0.717) is 5.69 Å². The van der Waals surface area contributed by atoms with Gasteiger partial charge >= 0.3 is 0 Å². The van der Waals surface area contributed by atoms with Gasteiger partial charge in [0.2, 0.25) is 17.7 Å². The van der Waals surface area contributed by atoms with Gasteiger partial charge in [-0.25, -0.2) is 0 Å². The fraction of sp³-hybridized carbons (Fsp3) is 0.167.